The van der Waals surface area contributed by atoms with Crippen molar-refractivity contribution >= 4 is 34.6 Å². The van der Waals surface area contributed by atoms with E-state index < -0.39 is 4.92 Å². The minimum Gasteiger partial charge on any atom is -0.376 e. The summed E-state index contributed by atoms with van der Waals surface area (Å²) in [5.41, 5.74) is 6.42. The van der Waals surface area contributed by atoms with E-state index in [4.69, 9.17) is 33.7 Å². The third-order valence-corrected chi connectivity index (χ3v) is 4.59. The predicted molar refractivity (Wildman–Crippen MR) is 76.3 cm³/mol. The monoisotopic (exact) mass is 317 g/mol. The van der Waals surface area contributed by atoms with Gasteiger partial charge in [-0.1, -0.05) is 23.2 Å². The lowest BCUT2D eigenvalue weighted by molar-refractivity contribution is -0.384. The summed E-state index contributed by atoms with van der Waals surface area (Å²) in [5, 5.41) is 14.3. The maximum Gasteiger partial charge on any atom is 0.272 e. The van der Waals surface area contributed by atoms with Crippen LogP contribution in [0.5, 0.6) is 0 Å². The topological polar surface area (TPSA) is 90.4 Å². The van der Waals surface area contributed by atoms with Crippen LogP contribution in [-0.2, 0) is 4.74 Å². The number of nitrogens with zero attached hydrogens (tertiary/aromatic N) is 1. The van der Waals surface area contributed by atoms with Crippen molar-refractivity contribution in [2.24, 2.45) is 11.7 Å². The van der Waals surface area contributed by atoms with Gasteiger partial charge in [0.1, 0.15) is 0 Å². The van der Waals surface area contributed by atoms with Crippen LogP contribution in [0.2, 0.25) is 10.0 Å². The Hall–Kier alpha value is -1.08. The molecule has 0 bridgehead atoms. The number of benzene rings is 1. The smallest absolute Gasteiger partial charge is 0.272 e. The number of nitrogens with two attached hydrogens (primary N) is 1. The van der Waals surface area contributed by atoms with E-state index in [1.807, 2.05) is 0 Å². The van der Waals surface area contributed by atoms with Gasteiger partial charge in [0.25, 0.3) is 5.69 Å². The second-order valence-corrected chi connectivity index (χ2v) is 5.89. The van der Waals surface area contributed by atoms with Crippen LogP contribution in [0.15, 0.2) is 12.1 Å². The number of nitrogens with one attached hydrogen (secondary N) is 1. The van der Waals surface area contributed by atoms with Crippen molar-refractivity contribution < 1.29 is 9.66 Å². The Morgan fingerprint density at radius 3 is 2.65 bits per heavy atom. The number of hydrogen-bond donors (Lipinski definition) is 2. The van der Waals surface area contributed by atoms with Gasteiger partial charge in [-0.25, -0.2) is 0 Å². The number of nitro groups is 1. The van der Waals surface area contributed by atoms with Crippen LogP contribution < -0.4 is 11.1 Å². The highest BCUT2D eigenvalue weighted by atomic mass is 35.5. The highest BCUT2D eigenvalue weighted by Crippen LogP contribution is 2.42. The molecule has 2 fully saturated rings. The number of rotatable bonds is 3. The van der Waals surface area contributed by atoms with Gasteiger partial charge in [0.2, 0.25) is 0 Å². The summed E-state index contributed by atoms with van der Waals surface area (Å²) in [4.78, 5) is 10.2. The molecule has 4 unspecified atom stereocenters. The molecule has 0 aromatic heterocycles. The van der Waals surface area contributed by atoms with E-state index in [2.05, 4.69) is 5.32 Å². The van der Waals surface area contributed by atoms with E-state index in [0.29, 0.717) is 18.2 Å². The maximum absolute atomic E-state index is 10.7. The molecule has 20 heavy (non-hydrogen) atoms. The van der Waals surface area contributed by atoms with Crippen LogP contribution in [0, 0.1) is 16.0 Å². The normalized spacial score (nSPS) is 31.6. The van der Waals surface area contributed by atoms with Gasteiger partial charge in [-0.15, -0.1) is 0 Å². The first kappa shape index (κ1) is 13.9. The van der Waals surface area contributed by atoms with Gasteiger partial charge in [0.15, 0.2) is 0 Å². The highest BCUT2D eigenvalue weighted by Gasteiger charge is 2.52. The lowest BCUT2D eigenvalue weighted by atomic mass is 9.72. The van der Waals surface area contributed by atoms with Gasteiger partial charge in [-0.3, -0.25) is 10.1 Å². The Bertz CT molecular complexity index is 546. The van der Waals surface area contributed by atoms with Gasteiger partial charge >= 0.3 is 0 Å². The first-order valence-corrected chi connectivity index (χ1v) is 7.02. The number of ether oxygens (including phenoxy) is 1. The fourth-order valence-electron chi connectivity index (χ4n) is 2.90. The lowest BCUT2D eigenvalue weighted by Crippen LogP contribution is -2.65. The number of fused-ring (bicyclic) bond motifs is 1. The van der Waals surface area contributed by atoms with Gasteiger partial charge in [0.05, 0.1) is 32.8 Å². The molecule has 1 saturated heterocycles. The molecule has 0 radical (unpaired) electrons. The minimum atomic E-state index is -0.535. The van der Waals surface area contributed by atoms with E-state index in [9.17, 15) is 10.1 Å². The molecule has 108 valence electrons. The molecule has 2 aliphatic rings. The van der Waals surface area contributed by atoms with Crippen LogP contribution in [0.3, 0.4) is 0 Å². The fraction of sp³-hybridized carbons (Fsp3) is 0.500. The molecular formula is C12H13Cl2N3O3. The Kier molecular flexibility index (Phi) is 3.50. The van der Waals surface area contributed by atoms with Crippen molar-refractivity contribution in [2.75, 3.05) is 11.9 Å². The Morgan fingerprint density at radius 2 is 2.05 bits per heavy atom. The first-order chi connectivity index (χ1) is 9.49. The average Bonchev–Trinajstić information content (AvgIpc) is 2.82. The van der Waals surface area contributed by atoms with Gasteiger partial charge in [-0.05, 0) is 6.42 Å². The molecule has 6 nitrogen and oxygen atoms in total. The Labute approximate surface area is 125 Å². The van der Waals surface area contributed by atoms with Crippen LogP contribution in [0.25, 0.3) is 0 Å². The number of anilines is 1. The minimum absolute atomic E-state index is 0.0233. The summed E-state index contributed by atoms with van der Waals surface area (Å²) in [6.07, 6.45) is 1.03. The first-order valence-electron chi connectivity index (χ1n) is 6.26. The molecule has 0 spiro atoms. The van der Waals surface area contributed by atoms with Crippen molar-refractivity contribution in [3.05, 3.63) is 32.3 Å². The molecule has 0 amide bonds. The van der Waals surface area contributed by atoms with Gasteiger partial charge in [-0.2, -0.15) is 0 Å². The summed E-state index contributed by atoms with van der Waals surface area (Å²) < 4.78 is 5.61. The van der Waals surface area contributed by atoms with Crippen molar-refractivity contribution in [1.82, 2.24) is 0 Å². The van der Waals surface area contributed by atoms with Crippen molar-refractivity contribution in [1.29, 1.82) is 0 Å². The molecule has 3 N–H and O–H groups in total. The highest BCUT2D eigenvalue weighted by molar-refractivity contribution is 6.39. The summed E-state index contributed by atoms with van der Waals surface area (Å²) >= 11 is 12.1. The molecule has 3 rings (SSSR count). The van der Waals surface area contributed by atoms with Crippen LogP contribution in [-0.4, -0.2) is 29.7 Å². The maximum atomic E-state index is 10.7. The summed E-state index contributed by atoms with van der Waals surface area (Å²) in [6, 6.07) is 2.45. The van der Waals surface area contributed by atoms with Gasteiger partial charge in [0, 0.05) is 30.7 Å². The summed E-state index contributed by atoms with van der Waals surface area (Å²) in [6.45, 7) is 0.711. The number of nitro benzene ring substituents is 1. The molecule has 1 aliphatic carbocycles. The molecule has 1 heterocycles. The van der Waals surface area contributed by atoms with E-state index >= 15 is 0 Å². The van der Waals surface area contributed by atoms with Crippen LogP contribution in [0.1, 0.15) is 6.42 Å². The zero-order valence-electron chi connectivity index (χ0n) is 10.4. The average molecular weight is 318 g/mol. The molecule has 8 heteroatoms. The van der Waals surface area contributed by atoms with Crippen molar-refractivity contribution in [3.63, 3.8) is 0 Å². The quantitative estimate of drug-likeness (QED) is 0.660. The predicted octanol–water partition coefficient (Wildman–Crippen LogP) is 2.43. The summed E-state index contributed by atoms with van der Waals surface area (Å²) in [7, 11) is 0. The molecular weight excluding hydrogens is 305 g/mol. The second-order valence-electron chi connectivity index (χ2n) is 5.08. The molecule has 1 aromatic carbocycles. The third-order valence-electron chi connectivity index (χ3n) is 4.00. The second kappa shape index (κ2) is 5.04. The molecule has 4 atom stereocenters. The van der Waals surface area contributed by atoms with Crippen molar-refractivity contribution in [2.45, 2.75) is 24.6 Å². The van der Waals surface area contributed by atoms with Crippen molar-refractivity contribution in [3.8, 4) is 0 Å². The van der Waals surface area contributed by atoms with Crippen LogP contribution in [0.4, 0.5) is 11.4 Å². The van der Waals surface area contributed by atoms with E-state index in [-0.39, 0.29) is 33.9 Å². The number of halogens is 2. The standard InChI is InChI=1S/C12H13Cl2N3O3/c13-7-3-5(17(18)19)4-8(14)10(7)16-11-9(15)6-1-2-20-12(6)11/h3-4,6,9,11-12,16H,1-2,15H2. The zero-order valence-corrected chi connectivity index (χ0v) is 11.9. The van der Waals surface area contributed by atoms with E-state index in [1.165, 1.54) is 12.1 Å². The molecule has 1 aromatic rings. The van der Waals surface area contributed by atoms with E-state index in [0.717, 1.165) is 6.42 Å². The number of non-ortho nitro benzene ring substituents is 1. The largest absolute Gasteiger partial charge is 0.376 e. The zero-order chi connectivity index (χ0) is 14.4. The fourth-order valence-corrected chi connectivity index (χ4v) is 3.48. The number of hydrogen-bond acceptors (Lipinski definition) is 5. The molecule has 1 saturated carbocycles. The van der Waals surface area contributed by atoms with Gasteiger partial charge < -0.3 is 15.8 Å². The lowest BCUT2D eigenvalue weighted by Gasteiger charge is -2.46. The summed E-state index contributed by atoms with van der Waals surface area (Å²) in [5.74, 6) is 0.364. The Morgan fingerprint density at radius 1 is 1.40 bits per heavy atom. The van der Waals surface area contributed by atoms with E-state index in [1.54, 1.807) is 0 Å². The Balaban J connectivity index is 1.83. The molecule has 1 aliphatic heterocycles. The van der Waals surface area contributed by atoms with Crippen LogP contribution >= 0.6 is 23.2 Å². The third kappa shape index (κ3) is 2.13. The SMILES string of the molecule is NC1C2CCOC2C1Nc1c(Cl)cc([N+](=O)[O-])cc1Cl.